The SMILES string of the molecule is O=C(c1nn(-c2ccccc2)c2c1CCC2)N1CCC(C(=O)N2CCOCC2)CC1. The van der Waals surface area contributed by atoms with Crippen molar-refractivity contribution < 1.29 is 14.3 Å². The Morgan fingerprint density at radius 1 is 0.933 bits per heavy atom. The van der Waals surface area contributed by atoms with Crippen LogP contribution in [0.15, 0.2) is 30.3 Å². The molecule has 1 aromatic carbocycles. The molecule has 0 radical (unpaired) electrons. The molecule has 0 saturated carbocycles. The summed E-state index contributed by atoms with van der Waals surface area (Å²) in [5.74, 6) is 0.250. The number of hydrogen-bond acceptors (Lipinski definition) is 4. The number of para-hydroxylation sites is 1. The molecule has 0 spiro atoms. The summed E-state index contributed by atoms with van der Waals surface area (Å²) in [6.07, 6.45) is 4.39. The van der Waals surface area contributed by atoms with Gasteiger partial charge in [-0.1, -0.05) is 18.2 Å². The van der Waals surface area contributed by atoms with Gasteiger partial charge in [0.05, 0.1) is 18.9 Å². The maximum Gasteiger partial charge on any atom is 0.274 e. The fourth-order valence-electron chi connectivity index (χ4n) is 4.91. The van der Waals surface area contributed by atoms with Crippen LogP contribution >= 0.6 is 0 Å². The lowest BCUT2D eigenvalue weighted by Gasteiger charge is -2.35. The highest BCUT2D eigenvalue weighted by atomic mass is 16.5. The Morgan fingerprint density at radius 3 is 2.40 bits per heavy atom. The van der Waals surface area contributed by atoms with Crippen molar-refractivity contribution in [3.05, 3.63) is 47.3 Å². The van der Waals surface area contributed by atoms with Gasteiger partial charge in [-0.3, -0.25) is 9.59 Å². The Kier molecular flexibility index (Phi) is 5.29. The van der Waals surface area contributed by atoms with Gasteiger partial charge < -0.3 is 14.5 Å². The molecule has 0 atom stereocenters. The lowest BCUT2D eigenvalue weighted by molar-refractivity contribution is -0.141. The molecule has 2 amide bonds. The predicted molar refractivity (Wildman–Crippen MR) is 112 cm³/mol. The summed E-state index contributed by atoms with van der Waals surface area (Å²) in [5, 5.41) is 4.74. The number of benzene rings is 1. The molecule has 2 aromatic rings. The number of aromatic nitrogens is 2. The predicted octanol–water partition coefficient (Wildman–Crippen LogP) is 2.07. The second kappa shape index (κ2) is 8.22. The van der Waals surface area contributed by atoms with Gasteiger partial charge in [0.25, 0.3) is 5.91 Å². The number of carbonyl (C=O) groups is 2. The Balaban J connectivity index is 1.29. The molecule has 2 saturated heterocycles. The van der Waals surface area contributed by atoms with Gasteiger partial charge in [-0.2, -0.15) is 5.10 Å². The van der Waals surface area contributed by atoms with Gasteiger partial charge in [0.2, 0.25) is 5.91 Å². The Bertz CT molecular complexity index is 925. The van der Waals surface area contributed by atoms with Crippen LogP contribution in [0.25, 0.3) is 5.69 Å². The van der Waals surface area contributed by atoms with Crippen LogP contribution in [-0.4, -0.2) is 70.8 Å². The molecule has 158 valence electrons. The minimum absolute atomic E-state index is 0.0136. The quantitative estimate of drug-likeness (QED) is 0.780. The molecular weight excluding hydrogens is 380 g/mol. The molecule has 0 unspecified atom stereocenters. The van der Waals surface area contributed by atoms with Gasteiger partial charge in [0.1, 0.15) is 0 Å². The van der Waals surface area contributed by atoms with Crippen molar-refractivity contribution in [3.8, 4) is 5.69 Å². The first-order chi connectivity index (χ1) is 14.7. The van der Waals surface area contributed by atoms with Crippen molar-refractivity contribution in [2.75, 3.05) is 39.4 Å². The number of piperidine rings is 1. The highest BCUT2D eigenvalue weighted by Crippen LogP contribution is 2.30. The summed E-state index contributed by atoms with van der Waals surface area (Å²) < 4.78 is 7.30. The largest absolute Gasteiger partial charge is 0.378 e. The number of morpholine rings is 1. The molecular formula is C23H28N4O3. The van der Waals surface area contributed by atoms with Crippen molar-refractivity contribution in [3.63, 3.8) is 0 Å². The molecule has 7 heteroatoms. The summed E-state index contributed by atoms with van der Waals surface area (Å²) >= 11 is 0. The Labute approximate surface area is 176 Å². The first-order valence-corrected chi connectivity index (χ1v) is 11.0. The highest BCUT2D eigenvalue weighted by Gasteiger charge is 2.34. The summed E-state index contributed by atoms with van der Waals surface area (Å²) in [5.41, 5.74) is 3.88. The zero-order valence-corrected chi connectivity index (χ0v) is 17.3. The molecule has 2 fully saturated rings. The second-order valence-corrected chi connectivity index (χ2v) is 8.38. The maximum atomic E-state index is 13.3. The van der Waals surface area contributed by atoms with Crippen LogP contribution in [0.4, 0.5) is 0 Å². The Morgan fingerprint density at radius 2 is 1.67 bits per heavy atom. The summed E-state index contributed by atoms with van der Waals surface area (Å²) in [7, 11) is 0. The molecule has 2 aliphatic heterocycles. The second-order valence-electron chi connectivity index (χ2n) is 8.38. The summed E-state index contributed by atoms with van der Waals surface area (Å²) in [6.45, 7) is 3.84. The molecule has 1 aromatic heterocycles. The van der Waals surface area contributed by atoms with Crippen LogP contribution in [0.3, 0.4) is 0 Å². The number of nitrogens with zero attached hydrogens (tertiary/aromatic N) is 4. The van der Waals surface area contributed by atoms with E-state index in [0.29, 0.717) is 45.1 Å². The monoisotopic (exact) mass is 408 g/mol. The number of ether oxygens (including phenoxy) is 1. The average molecular weight is 409 g/mol. The Hall–Kier alpha value is -2.67. The van der Waals surface area contributed by atoms with Gasteiger partial charge in [-0.15, -0.1) is 0 Å². The number of carbonyl (C=O) groups excluding carboxylic acids is 2. The van der Waals surface area contributed by atoms with Crippen LogP contribution in [0.1, 0.15) is 41.0 Å². The summed E-state index contributed by atoms with van der Waals surface area (Å²) in [6, 6.07) is 10.0. The fourth-order valence-corrected chi connectivity index (χ4v) is 4.91. The molecule has 3 heterocycles. The number of amides is 2. The van der Waals surface area contributed by atoms with E-state index in [1.807, 2.05) is 44.8 Å². The lowest BCUT2D eigenvalue weighted by Crippen LogP contribution is -2.47. The third-order valence-corrected chi connectivity index (χ3v) is 6.59. The van der Waals surface area contributed by atoms with E-state index in [1.165, 1.54) is 5.69 Å². The van der Waals surface area contributed by atoms with Crippen LogP contribution in [0, 0.1) is 5.92 Å². The minimum atomic E-state index is 0.0136. The van der Waals surface area contributed by atoms with E-state index in [9.17, 15) is 9.59 Å². The number of fused-ring (bicyclic) bond motifs is 1. The summed E-state index contributed by atoms with van der Waals surface area (Å²) in [4.78, 5) is 29.9. The van der Waals surface area contributed by atoms with Gasteiger partial charge in [-0.25, -0.2) is 4.68 Å². The van der Waals surface area contributed by atoms with Crippen LogP contribution in [0.2, 0.25) is 0 Å². The minimum Gasteiger partial charge on any atom is -0.378 e. The van der Waals surface area contributed by atoms with E-state index in [2.05, 4.69) is 0 Å². The standard InChI is InChI=1S/C23H28N4O3/c28-22(26-13-15-30-16-14-26)17-9-11-25(12-10-17)23(29)21-19-7-4-8-20(19)27(24-21)18-5-2-1-3-6-18/h1-3,5-6,17H,4,7-16H2. The third-order valence-electron chi connectivity index (χ3n) is 6.59. The topological polar surface area (TPSA) is 67.7 Å². The first-order valence-electron chi connectivity index (χ1n) is 11.0. The van der Waals surface area contributed by atoms with E-state index in [-0.39, 0.29) is 17.7 Å². The molecule has 1 aliphatic carbocycles. The van der Waals surface area contributed by atoms with E-state index in [1.54, 1.807) is 0 Å². The zero-order chi connectivity index (χ0) is 20.5. The molecule has 0 bridgehead atoms. The van der Waals surface area contributed by atoms with Crippen molar-refractivity contribution >= 4 is 11.8 Å². The molecule has 3 aliphatic rings. The van der Waals surface area contributed by atoms with Gasteiger partial charge in [-0.05, 0) is 44.2 Å². The van der Waals surface area contributed by atoms with Gasteiger partial charge in [0, 0.05) is 43.4 Å². The highest BCUT2D eigenvalue weighted by molar-refractivity contribution is 5.94. The van der Waals surface area contributed by atoms with Gasteiger partial charge in [0.15, 0.2) is 5.69 Å². The first kappa shape index (κ1) is 19.3. The number of likely N-dealkylation sites (tertiary alicyclic amines) is 1. The van der Waals surface area contributed by atoms with E-state index in [0.717, 1.165) is 43.4 Å². The fraction of sp³-hybridized carbons (Fsp3) is 0.522. The smallest absolute Gasteiger partial charge is 0.274 e. The van der Waals surface area contributed by atoms with Crippen molar-refractivity contribution in [1.29, 1.82) is 0 Å². The van der Waals surface area contributed by atoms with Crippen molar-refractivity contribution in [2.45, 2.75) is 32.1 Å². The molecule has 0 N–H and O–H groups in total. The van der Waals surface area contributed by atoms with Crippen LogP contribution < -0.4 is 0 Å². The van der Waals surface area contributed by atoms with Crippen molar-refractivity contribution in [2.24, 2.45) is 5.92 Å². The lowest BCUT2D eigenvalue weighted by atomic mass is 9.94. The van der Waals surface area contributed by atoms with Gasteiger partial charge >= 0.3 is 0 Å². The zero-order valence-electron chi connectivity index (χ0n) is 17.3. The van der Waals surface area contributed by atoms with E-state index in [4.69, 9.17) is 9.84 Å². The number of rotatable bonds is 3. The molecule has 7 nitrogen and oxygen atoms in total. The molecule has 30 heavy (non-hydrogen) atoms. The van der Waals surface area contributed by atoms with E-state index >= 15 is 0 Å². The average Bonchev–Trinajstić information content (AvgIpc) is 3.42. The molecule has 5 rings (SSSR count). The van der Waals surface area contributed by atoms with E-state index < -0.39 is 0 Å². The third kappa shape index (κ3) is 3.51. The van der Waals surface area contributed by atoms with Crippen LogP contribution in [0.5, 0.6) is 0 Å². The normalized spacial score (nSPS) is 19.7. The van der Waals surface area contributed by atoms with Crippen molar-refractivity contribution in [1.82, 2.24) is 19.6 Å². The van der Waals surface area contributed by atoms with Crippen LogP contribution in [-0.2, 0) is 22.4 Å². The number of hydrogen-bond donors (Lipinski definition) is 0. The maximum absolute atomic E-state index is 13.3.